The molecule has 2 unspecified atom stereocenters. The molecule has 0 saturated heterocycles. The molecule has 2 amide bonds. The van der Waals surface area contributed by atoms with Crippen molar-refractivity contribution in [3.8, 4) is 0 Å². The zero-order valence-corrected chi connectivity index (χ0v) is 16.7. The van der Waals surface area contributed by atoms with Crippen LogP contribution in [-0.4, -0.2) is 11.8 Å². The van der Waals surface area contributed by atoms with Gasteiger partial charge in [-0.25, -0.2) is 0 Å². The molecule has 150 valence electrons. The molecule has 7 rings (SSSR count). The molecule has 5 aliphatic rings. The van der Waals surface area contributed by atoms with Crippen molar-refractivity contribution in [1.29, 1.82) is 0 Å². The van der Waals surface area contributed by atoms with Gasteiger partial charge in [0.1, 0.15) is 0 Å². The van der Waals surface area contributed by atoms with Crippen LogP contribution in [0.3, 0.4) is 0 Å². The van der Waals surface area contributed by atoms with Crippen LogP contribution in [0.1, 0.15) is 60.9 Å². The Balaban J connectivity index is 1.65. The lowest BCUT2D eigenvalue weighted by molar-refractivity contribution is -0.733. The Morgan fingerprint density at radius 1 is 0.833 bits per heavy atom. The number of rotatable bonds is 2. The third-order valence-corrected chi connectivity index (χ3v) is 7.18. The fourth-order valence-electron chi connectivity index (χ4n) is 6.02. The van der Waals surface area contributed by atoms with Crippen molar-refractivity contribution in [3.05, 3.63) is 89.0 Å². The Morgan fingerprint density at radius 3 is 2.13 bits per heavy atom. The molecule has 2 aromatic rings. The predicted octanol–water partition coefficient (Wildman–Crippen LogP) is 2.99. The molecule has 2 N–H and O–H groups in total. The third-order valence-electron chi connectivity index (χ3n) is 7.18. The number of hydrogen-bond donors (Lipinski definition) is 2. The van der Waals surface area contributed by atoms with Crippen molar-refractivity contribution in [2.45, 2.75) is 44.1 Å². The van der Waals surface area contributed by atoms with Crippen molar-refractivity contribution >= 4 is 11.8 Å². The molecule has 2 atom stereocenters. The van der Waals surface area contributed by atoms with Crippen molar-refractivity contribution in [3.63, 3.8) is 0 Å². The lowest BCUT2D eigenvalue weighted by atomic mass is 9.55. The smallest absolute Gasteiger partial charge is 0.224 e. The first-order chi connectivity index (χ1) is 14.7. The fraction of sp³-hybridized carbons (Fsp3) is 0.320. The maximum absolute atomic E-state index is 12.4. The summed E-state index contributed by atoms with van der Waals surface area (Å²) in [5, 5.41) is 6.41. The highest BCUT2D eigenvalue weighted by Gasteiger charge is 2.61. The summed E-state index contributed by atoms with van der Waals surface area (Å²) in [7, 11) is 0. The SMILES string of the molecule is O=C1CCC=C(C2(C3=CCCC(=O)N3)CC3c4ccccc4C2c2cccc[n+]23)N1. The topological polar surface area (TPSA) is 62.1 Å². The summed E-state index contributed by atoms with van der Waals surface area (Å²) in [6.07, 6.45) is 9.83. The Kier molecular flexibility index (Phi) is 3.76. The van der Waals surface area contributed by atoms with E-state index in [1.54, 1.807) is 0 Å². The number of aromatic nitrogens is 1. The molecular formula is C25H24N3O2+. The second-order valence-electron chi connectivity index (χ2n) is 8.70. The molecular weight excluding hydrogens is 374 g/mol. The van der Waals surface area contributed by atoms with Crippen LogP contribution in [0, 0.1) is 5.41 Å². The minimum atomic E-state index is -0.480. The monoisotopic (exact) mass is 398 g/mol. The maximum atomic E-state index is 12.4. The number of fused-ring (bicyclic) bond motifs is 1. The molecule has 30 heavy (non-hydrogen) atoms. The Labute approximate surface area is 175 Å². The first kappa shape index (κ1) is 17.6. The van der Waals surface area contributed by atoms with Crippen LogP contribution in [0.25, 0.3) is 0 Å². The first-order valence-electron chi connectivity index (χ1n) is 10.8. The van der Waals surface area contributed by atoms with E-state index in [0.717, 1.165) is 30.7 Å². The Hall–Kier alpha value is -3.21. The highest BCUT2D eigenvalue weighted by Crippen LogP contribution is 2.61. The van der Waals surface area contributed by atoms with Gasteiger partial charge in [-0.15, -0.1) is 0 Å². The van der Waals surface area contributed by atoms with Gasteiger partial charge in [-0.05, 0) is 18.4 Å². The van der Waals surface area contributed by atoms with Crippen molar-refractivity contribution in [2.24, 2.45) is 5.41 Å². The number of nitrogens with one attached hydrogen (secondary N) is 2. The lowest BCUT2D eigenvalue weighted by Gasteiger charge is -2.52. The number of carbonyl (C=O) groups is 2. The van der Waals surface area contributed by atoms with Crippen LogP contribution in [0.5, 0.6) is 0 Å². The molecule has 0 spiro atoms. The Bertz CT molecular complexity index is 1060. The van der Waals surface area contributed by atoms with Crippen molar-refractivity contribution in [1.82, 2.24) is 10.6 Å². The summed E-state index contributed by atoms with van der Waals surface area (Å²) < 4.78 is 2.38. The number of hydrogen-bond acceptors (Lipinski definition) is 2. The Morgan fingerprint density at radius 2 is 1.47 bits per heavy atom. The van der Waals surface area contributed by atoms with Gasteiger partial charge < -0.3 is 10.6 Å². The number of benzene rings is 1. The molecule has 1 aromatic carbocycles. The highest BCUT2D eigenvalue weighted by atomic mass is 16.2. The molecule has 5 nitrogen and oxygen atoms in total. The van der Waals surface area contributed by atoms with E-state index in [1.807, 2.05) is 0 Å². The predicted molar refractivity (Wildman–Crippen MR) is 111 cm³/mol. The number of nitrogens with zero attached hydrogens (tertiary/aromatic N) is 1. The van der Waals surface area contributed by atoms with Crippen LogP contribution in [0.4, 0.5) is 0 Å². The van der Waals surface area contributed by atoms with Gasteiger partial charge in [-0.3, -0.25) is 9.59 Å². The van der Waals surface area contributed by atoms with Gasteiger partial charge >= 0.3 is 0 Å². The molecule has 2 bridgehead atoms. The van der Waals surface area contributed by atoms with Gasteiger partial charge in [0, 0.05) is 48.4 Å². The van der Waals surface area contributed by atoms with Crippen LogP contribution in [0.2, 0.25) is 0 Å². The van der Waals surface area contributed by atoms with E-state index in [2.05, 4.69) is 76.0 Å². The summed E-state index contributed by atoms with van der Waals surface area (Å²) >= 11 is 0. The second-order valence-corrected chi connectivity index (χ2v) is 8.70. The second kappa shape index (κ2) is 6.39. The number of carbonyl (C=O) groups excluding carboxylic acids is 2. The summed E-state index contributed by atoms with van der Waals surface area (Å²) in [6, 6.07) is 15.2. The van der Waals surface area contributed by atoms with E-state index in [0.29, 0.717) is 12.8 Å². The molecule has 0 fully saturated rings. The number of amides is 2. The van der Waals surface area contributed by atoms with Gasteiger partial charge in [0.15, 0.2) is 17.9 Å². The molecule has 5 heterocycles. The van der Waals surface area contributed by atoms with Crippen molar-refractivity contribution in [2.75, 3.05) is 0 Å². The fourth-order valence-corrected chi connectivity index (χ4v) is 6.02. The van der Waals surface area contributed by atoms with Crippen molar-refractivity contribution < 1.29 is 14.2 Å². The van der Waals surface area contributed by atoms with Gasteiger partial charge in [0.05, 0.1) is 11.3 Å². The average Bonchev–Trinajstić information content (AvgIpc) is 2.79. The standard InChI is InChI=1S/C25H23N3O2/c29-22-12-5-10-20(26-22)25(21-11-6-13-23(30)27-21)15-19-16-7-1-2-8-17(16)24(25)18-9-3-4-14-28(18)19/h1-4,7-11,14,19,24H,5-6,12-13,15H2,(H-,26,27,29,30)/p+1. The molecule has 0 radical (unpaired) electrons. The maximum Gasteiger partial charge on any atom is 0.224 e. The number of pyridine rings is 1. The van der Waals surface area contributed by atoms with Crippen LogP contribution < -0.4 is 15.2 Å². The zero-order chi connectivity index (χ0) is 20.3. The van der Waals surface area contributed by atoms with E-state index in [-0.39, 0.29) is 23.8 Å². The summed E-state index contributed by atoms with van der Waals surface area (Å²) in [6.45, 7) is 0. The van der Waals surface area contributed by atoms with Crippen LogP contribution in [0.15, 0.2) is 72.2 Å². The third kappa shape index (κ3) is 2.32. The summed E-state index contributed by atoms with van der Waals surface area (Å²) in [5.74, 6) is 0.143. The van der Waals surface area contributed by atoms with Gasteiger partial charge in [-0.1, -0.05) is 42.5 Å². The largest absolute Gasteiger partial charge is 0.329 e. The first-order valence-corrected chi connectivity index (χ1v) is 10.8. The van der Waals surface area contributed by atoms with E-state index in [1.165, 1.54) is 16.8 Å². The van der Waals surface area contributed by atoms with E-state index >= 15 is 0 Å². The molecule has 1 aliphatic carbocycles. The lowest BCUT2D eigenvalue weighted by Crippen LogP contribution is -2.62. The van der Waals surface area contributed by atoms with Crippen LogP contribution in [-0.2, 0) is 9.59 Å². The minimum absolute atomic E-state index is 0.0224. The molecule has 4 aliphatic heterocycles. The highest BCUT2D eigenvalue weighted by molar-refractivity contribution is 5.82. The van der Waals surface area contributed by atoms with E-state index in [4.69, 9.17) is 0 Å². The molecule has 0 saturated carbocycles. The molecule has 5 heteroatoms. The van der Waals surface area contributed by atoms with Gasteiger partial charge in [-0.2, -0.15) is 4.57 Å². The minimum Gasteiger partial charge on any atom is -0.329 e. The van der Waals surface area contributed by atoms with Crippen LogP contribution >= 0.6 is 0 Å². The number of allylic oxidation sites excluding steroid dienone is 2. The van der Waals surface area contributed by atoms with Gasteiger partial charge in [0.25, 0.3) is 0 Å². The normalized spacial score (nSPS) is 26.0. The summed E-state index contributed by atoms with van der Waals surface area (Å²) in [5.41, 5.74) is 5.29. The summed E-state index contributed by atoms with van der Waals surface area (Å²) in [4.78, 5) is 24.9. The zero-order valence-electron chi connectivity index (χ0n) is 16.7. The molecule has 1 aromatic heterocycles. The average molecular weight is 398 g/mol. The van der Waals surface area contributed by atoms with E-state index in [9.17, 15) is 9.59 Å². The van der Waals surface area contributed by atoms with E-state index < -0.39 is 5.41 Å². The quantitative estimate of drug-likeness (QED) is 0.764. The van der Waals surface area contributed by atoms with Gasteiger partial charge in [0.2, 0.25) is 11.8 Å².